The van der Waals surface area contributed by atoms with Gasteiger partial charge < -0.3 is 19.3 Å². The van der Waals surface area contributed by atoms with Crippen LogP contribution < -0.4 is 0 Å². The van der Waals surface area contributed by atoms with Crippen LogP contribution in [0.5, 0.6) is 0 Å². The SMILES string of the molecule is CCOC(=O)/C([N+]#N)=C(\O)c1ccccc1C(OC)OC. The van der Waals surface area contributed by atoms with Crippen LogP contribution in [-0.2, 0) is 19.0 Å². The largest absolute Gasteiger partial charge is 0.510 e. The van der Waals surface area contributed by atoms with Crippen LogP contribution in [0.25, 0.3) is 10.7 Å². The molecular formula is C14H17N2O5+. The first-order chi connectivity index (χ1) is 10.1. The third kappa shape index (κ3) is 3.78. The van der Waals surface area contributed by atoms with E-state index < -0.39 is 23.7 Å². The van der Waals surface area contributed by atoms with E-state index in [2.05, 4.69) is 4.98 Å². The molecule has 0 saturated heterocycles. The van der Waals surface area contributed by atoms with Crippen LogP contribution in [0.2, 0.25) is 0 Å². The average molecular weight is 293 g/mol. The standard InChI is InChI=1S/C14H16N2O5/c1-4-21-13(18)11(16-15)12(17)9-7-5-6-8-10(9)14(19-2)20-3/h5-8,14H,4H2,1-3H3/p+1. The highest BCUT2D eigenvalue weighted by Crippen LogP contribution is 2.28. The van der Waals surface area contributed by atoms with Gasteiger partial charge in [-0.25, -0.2) is 4.79 Å². The zero-order chi connectivity index (χ0) is 15.8. The molecule has 7 heteroatoms. The molecule has 0 unspecified atom stereocenters. The molecule has 0 heterocycles. The molecule has 0 fully saturated rings. The summed E-state index contributed by atoms with van der Waals surface area (Å²) in [6, 6.07) is 6.57. The third-order valence-corrected chi connectivity index (χ3v) is 2.69. The van der Waals surface area contributed by atoms with Gasteiger partial charge in [-0.05, 0) is 6.92 Å². The number of benzene rings is 1. The third-order valence-electron chi connectivity index (χ3n) is 2.69. The van der Waals surface area contributed by atoms with E-state index in [-0.39, 0.29) is 12.2 Å². The summed E-state index contributed by atoms with van der Waals surface area (Å²) in [5, 5.41) is 19.2. The maximum Gasteiger partial charge on any atom is 0.510 e. The number of aliphatic hydroxyl groups is 1. The van der Waals surface area contributed by atoms with Gasteiger partial charge in [0.05, 0.1) is 6.61 Å². The van der Waals surface area contributed by atoms with Crippen LogP contribution in [-0.4, -0.2) is 31.9 Å². The van der Waals surface area contributed by atoms with Gasteiger partial charge >= 0.3 is 11.7 Å². The first-order valence-corrected chi connectivity index (χ1v) is 6.21. The molecule has 0 spiro atoms. The summed E-state index contributed by atoms with van der Waals surface area (Å²) in [6.07, 6.45) is -0.745. The highest BCUT2D eigenvalue weighted by atomic mass is 16.7. The smallest absolute Gasteiger partial charge is 0.501 e. The van der Waals surface area contributed by atoms with Crippen molar-refractivity contribution in [1.82, 2.24) is 0 Å². The summed E-state index contributed by atoms with van der Waals surface area (Å²) in [5.74, 6) is -1.45. The molecule has 112 valence electrons. The first-order valence-electron chi connectivity index (χ1n) is 6.21. The molecule has 7 nitrogen and oxygen atoms in total. The lowest BCUT2D eigenvalue weighted by Crippen LogP contribution is -2.10. The Morgan fingerprint density at radius 1 is 1.33 bits per heavy atom. The first kappa shape index (κ1) is 16.6. The van der Waals surface area contributed by atoms with Crippen molar-refractivity contribution in [3.63, 3.8) is 0 Å². The number of hydrogen-bond donors (Lipinski definition) is 1. The van der Waals surface area contributed by atoms with Gasteiger partial charge in [-0.3, -0.25) is 0 Å². The molecule has 0 saturated carbocycles. The summed E-state index contributed by atoms with van der Waals surface area (Å²) in [7, 11) is 2.88. The molecule has 0 aliphatic heterocycles. The molecule has 0 bridgehead atoms. The van der Waals surface area contributed by atoms with Crippen LogP contribution in [0.4, 0.5) is 0 Å². The van der Waals surface area contributed by atoms with Crippen molar-refractivity contribution in [1.29, 1.82) is 5.39 Å². The second-order valence-corrected chi connectivity index (χ2v) is 3.91. The van der Waals surface area contributed by atoms with Gasteiger partial charge in [0, 0.05) is 25.3 Å². The van der Waals surface area contributed by atoms with Crippen molar-refractivity contribution in [2.45, 2.75) is 13.2 Å². The van der Waals surface area contributed by atoms with E-state index in [1.165, 1.54) is 14.2 Å². The molecule has 1 aromatic carbocycles. The Morgan fingerprint density at radius 3 is 2.48 bits per heavy atom. The van der Waals surface area contributed by atoms with E-state index in [1.54, 1.807) is 31.2 Å². The predicted molar refractivity (Wildman–Crippen MR) is 74.5 cm³/mol. The van der Waals surface area contributed by atoms with E-state index in [4.69, 9.17) is 19.6 Å². The number of ether oxygens (including phenoxy) is 3. The Labute approximate surface area is 122 Å². The minimum Gasteiger partial charge on any atom is -0.501 e. The molecule has 0 amide bonds. The lowest BCUT2D eigenvalue weighted by atomic mass is 10.0. The van der Waals surface area contributed by atoms with Crippen molar-refractivity contribution in [2.24, 2.45) is 0 Å². The molecule has 0 atom stereocenters. The van der Waals surface area contributed by atoms with Gasteiger partial charge in [-0.2, -0.15) is 0 Å². The van der Waals surface area contributed by atoms with Gasteiger partial charge in [0.25, 0.3) is 0 Å². The fraction of sp³-hybridized carbons (Fsp3) is 0.357. The Kier molecular flexibility index (Phi) is 6.33. The quantitative estimate of drug-likeness (QED) is 0.285. The number of diazo groups is 1. The maximum absolute atomic E-state index is 11.7. The molecule has 0 radical (unpaired) electrons. The van der Waals surface area contributed by atoms with Gasteiger partial charge in [-0.15, -0.1) is 0 Å². The molecule has 0 aliphatic carbocycles. The van der Waals surface area contributed by atoms with E-state index in [0.29, 0.717) is 5.56 Å². The Morgan fingerprint density at radius 2 is 1.95 bits per heavy atom. The normalized spacial score (nSPS) is 11.8. The molecule has 0 aliphatic rings. The number of nitrogens with zero attached hydrogens (tertiary/aromatic N) is 2. The second kappa shape index (κ2) is 7.99. The highest BCUT2D eigenvalue weighted by Gasteiger charge is 2.33. The van der Waals surface area contributed by atoms with E-state index >= 15 is 0 Å². The number of methoxy groups -OCH3 is 2. The fourth-order valence-corrected chi connectivity index (χ4v) is 1.78. The van der Waals surface area contributed by atoms with Gasteiger partial charge in [0.15, 0.2) is 11.3 Å². The topological polar surface area (TPSA) is 93.1 Å². The number of carbonyl (C=O) groups is 1. The Bertz CT molecular complexity index is 573. The molecule has 1 rings (SSSR count). The molecule has 1 aromatic rings. The summed E-state index contributed by atoms with van der Waals surface area (Å²) in [6.45, 7) is 1.69. The van der Waals surface area contributed by atoms with Crippen LogP contribution in [0.3, 0.4) is 0 Å². The summed E-state index contributed by atoms with van der Waals surface area (Å²) in [5.41, 5.74) is 0.132. The average Bonchev–Trinajstić information content (AvgIpc) is 2.50. The fourth-order valence-electron chi connectivity index (χ4n) is 1.78. The highest BCUT2D eigenvalue weighted by molar-refractivity contribution is 5.97. The van der Waals surface area contributed by atoms with E-state index in [1.807, 2.05) is 0 Å². The summed E-state index contributed by atoms with van der Waals surface area (Å²) in [4.78, 5) is 14.5. The molecular weight excluding hydrogens is 276 g/mol. The number of esters is 1. The second-order valence-electron chi connectivity index (χ2n) is 3.91. The van der Waals surface area contributed by atoms with Crippen LogP contribution >= 0.6 is 0 Å². The zero-order valence-electron chi connectivity index (χ0n) is 12.1. The van der Waals surface area contributed by atoms with Crippen LogP contribution in [0.1, 0.15) is 24.3 Å². The van der Waals surface area contributed by atoms with Crippen molar-refractivity contribution in [3.05, 3.63) is 46.1 Å². The Hall–Kier alpha value is -2.43. The lowest BCUT2D eigenvalue weighted by molar-refractivity contribution is -0.138. The number of aliphatic hydroxyl groups excluding tert-OH is 1. The van der Waals surface area contributed by atoms with Crippen molar-refractivity contribution in [3.8, 4) is 0 Å². The van der Waals surface area contributed by atoms with Crippen LogP contribution in [0, 0.1) is 5.39 Å². The van der Waals surface area contributed by atoms with E-state index in [0.717, 1.165) is 0 Å². The number of carbonyl (C=O) groups excluding carboxylic acids is 1. The van der Waals surface area contributed by atoms with E-state index in [9.17, 15) is 9.90 Å². The Balaban J connectivity index is 3.38. The molecule has 1 N–H and O–H groups in total. The summed E-state index contributed by atoms with van der Waals surface area (Å²) < 4.78 is 15.0. The number of hydrogen-bond acceptors (Lipinski definition) is 6. The van der Waals surface area contributed by atoms with Gasteiger partial charge in [0.2, 0.25) is 11.2 Å². The van der Waals surface area contributed by atoms with Gasteiger partial charge in [0.1, 0.15) is 0 Å². The summed E-state index contributed by atoms with van der Waals surface area (Å²) >= 11 is 0. The number of rotatable bonds is 6. The maximum atomic E-state index is 11.7. The predicted octanol–water partition coefficient (Wildman–Crippen LogP) is 2.62. The van der Waals surface area contributed by atoms with Gasteiger partial charge in [-0.1, -0.05) is 24.3 Å². The van der Waals surface area contributed by atoms with Crippen molar-refractivity contribution < 1.29 is 24.1 Å². The molecule has 21 heavy (non-hydrogen) atoms. The molecule has 0 aromatic heterocycles. The van der Waals surface area contributed by atoms with Crippen molar-refractivity contribution >= 4 is 11.7 Å². The monoisotopic (exact) mass is 293 g/mol. The van der Waals surface area contributed by atoms with Crippen molar-refractivity contribution in [2.75, 3.05) is 20.8 Å². The zero-order valence-corrected chi connectivity index (χ0v) is 12.1. The van der Waals surface area contributed by atoms with Crippen LogP contribution in [0.15, 0.2) is 30.0 Å². The lowest BCUT2D eigenvalue weighted by Gasteiger charge is -2.16. The minimum atomic E-state index is -0.932. The minimum absolute atomic E-state index is 0.0888.